The third kappa shape index (κ3) is 4.66. The highest BCUT2D eigenvalue weighted by atomic mass is 16.5. The summed E-state index contributed by atoms with van der Waals surface area (Å²) in [5.74, 6) is 0.623. The molecule has 142 valence electrons. The number of rotatable bonds is 5. The SMILES string of the molecule is COc1ccc(N2CCN(C(=O)NCc3ccc(C(=O)O)cc3)CC2)nc1. The van der Waals surface area contributed by atoms with Gasteiger partial charge in [0.2, 0.25) is 0 Å². The second kappa shape index (κ2) is 8.39. The molecule has 0 aliphatic carbocycles. The summed E-state index contributed by atoms with van der Waals surface area (Å²) in [6, 6.07) is 10.1. The molecule has 2 heterocycles. The lowest BCUT2D eigenvalue weighted by Gasteiger charge is -2.35. The molecule has 8 nitrogen and oxygen atoms in total. The molecule has 3 rings (SSSR count). The smallest absolute Gasteiger partial charge is 0.335 e. The number of amides is 2. The Morgan fingerprint density at radius 2 is 1.81 bits per heavy atom. The fourth-order valence-electron chi connectivity index (χ4n) is 2.87. The number of urea groups is 1. The average molecular weight is 370 g/mol. The van der Waals surface area contributed by atoms with Gasteiger partial charge in [-0.2, -0.15) is 0 Å². The first-order valence-electron chi connectivity index (χ1n) is 8.67. The first-order valence-corrected chi connectivity index (χ1v) is 8.67. The van der Waals surface area contributed by atoms with Crippen LogP contribution in [0.4, 0.5) is 10.6 Å². The number of benzene rings is 1. The molecule has 27 heavy (non-hydrogen) atoms. The first-order chi connectivity index (χ1) is 13.1. The zero-order valence-corrected chi connectivity index (χ0v) is 15.1. The predicted molar refractivity (Wildman–Crippen MR) is 100 cm³/mol. The Labute approximate surface area is 157 Å². The van der Waals surface area contributed by atoms with Crippen LogP contribution in [-0.4, -0.2) is 60.3 Å². The summed E-state index contributed by atoms with van der Waals surface area (Å²) >= 11 is 0. The van der Waals surface area contributed by atoms with E-state index >= 15 is 0 Å². The van der Waals surface area contributed by atoms with Crippen LogP contribution in [0.25, 0.3) is 0 Å². The summed E-state index contributed by atoms with van der Waals surface area (Å²) in [6.07, 6.45) is 1.68. The van der Waals surface area contributed by atoms with Crippen molar-refractivity contribution in [3.63, 3.8) is 0 Å². The second-order valence-corrected chi connectivity index (χ2v) is 6.19. The molecule has 1 aromatic carbocycles. The van der Waals surface area contributed by atoms with Crippen molar-refractivity contribution < 1.29 is 19.4 Å². The molecule has 1 fully saturated rings. The van der Waals surface area contributed by atoms with E-state index in [4.69, 9.17) is 9.84 Å². The summed E-state index contributed by atoms with van der Waals surface area (Å²) in [6.45, 7) is 2.99. The normalized spacial score (nSPS) is 14.0. The van der Waals surface area contributed by atoms with Crippen molar-refractivity contribution in [1.82, 2.24) is 15.2 Å². The minimum Gasteiger partial charge on any atom is -0.495 e. The molecular weight excluding hydrogens is 348 g/mol. The molecule has 2 N–H and O–H groups in total. The number of carbonyl (C=O) groups excluding carboxylic acids is 1. The van der Waals surface area contributed by atoms with E-state index in [0.717, 1.165) is 11.4 Å². The second-order valence-electron chi connectivity index (χ2n) is 6.19. The number of hydrogen-bond acceptors (Lipinski definition) is 5. The van der Waals surface area contributed by atoms with Crippen LogP contribution in [-0.2, 0) is 6.54 Å². The number of ether oxygens (including phenoxy) is 1. The highest BCUT2D eigenvalue weighted by molar-refractivity contribution is 5.87. The Kier molecular flexibility index (Phi) is 5.75. The summed E-state index contributed by atoms with van der Waals surface area (Å²) in [4.78, 5) is 31.5. The van der Waals surface area contributed by atoms with Gasteiger partial charge in [0.15, 0.2) is 0 Å². The molecular formula is C19H22N4O4. The van der Waals surface area contributed by atoms with E-state index in [1.54, 1.807) is 30.3 Å². The van der Waals surface area contributed by atoms with Gasteiger partial charge in [-0.05, 0) is 29.8 Å². The number of carboxylic acids is 1. The minimum absolute atomic E-state index is 0.125. The van der Waals surface area contributed by atoms with Crippen LogP contribution in [0, 0.1) is 0 Å². The maximum absolute atomic E-state index is 12.3. The van der Waals surface area contributed by atoms with Crippen molar-refractivity contribution >= 4 is 17.8 Å². The standard InChI is InChI=1S/C19H22N4O4/c1-27-16-6-7-17(20-13-16)22-8-10-23(11-9-22)19(26)21-12-14-2-4-15(5-3-14)18(24)25/h2-7,13H,8-12H2,1H3,(H,21,26)(H,24,25). The van der Waals surface area contributed by atoms with Crippen LogP contribution < -0.4 is 15.0 Å². The number of aromatic nitrogens is 1. The van der Waals surface area contributed by atoms with E-state index in [-0.39, 0.29) is 11.6 Å². The fraction of sp³-hybridized carbons (Fsp3) is 0.316. The minimum atomic E-state index is -0.963. The van der Waals surface area contributed by atoms with Crippen LogP contribution in [0.5, 0.6) is 5.75 Å². The summed E-state index contributed by atoms with van der Waals surface area (Å²) in [5.41, 5.74) is 1.09. The van der Waals surface area contributed by atoms with Crippen molar-refractivity contribution in [3.8, 4) is 5.75 Å². The number of nitrogens with one attached hydrogen (secondary N) is 1. The Bertz CT molecular complexity index is 784. The van der Waals surface area contributed by atoms with E-state index in [9.17, 15) is 9.59 Å². The van der Waals surface area contributed by atoms with Crippen LogP contribution in [0.1, 0.15) is 15.9 Å². The summed E-state index contributed by atoms with van der Waals surface area (Å²) < 4.78 is 5.12. The zero-order chi connectivity index (χ0) is 19.2. The van der Waals surface area contributed by atoms with E-state index < -0.39 is 5.97 Å². The highest BCUT2D eigenvalue weighted by Crippen LogP contribution is 2.17. The topological polar surface area (TPSA) is 95.0 Å². The number of aromatic carboxylic acids is 1. The molecule has 2 aromatic rings. The Morgan fingerprint density at radius 3 is 2.37 bits per heavy atom. The van der Waals surface area contributed by atoms with Crippen molar-refractivity contribution in [3.05, 3.63) is 53.7 Å². The van der Waals surface area contributed by atoms with E-state index in [2.05, 4.69) is 15.2 Å². The van der Waals surface area contributed by atoms with Gasteiger partial charge in [-0.1, -0.05) is 12.1 Å². The van der Waals surface area contributed by atoms with Crippen molar-refractivity contribution in [1.29, 1.82) is 0 Å². The van der Waals surface area contributed by atoms with Crippen molar-refractivity contribution in [2.75, 3.05) is 38.2 Å². The number of hydrogen-bond donors (Lipinski definition) is 2. The Morgan fingerprint density at radius 1 is 1.11 bits per heavy atom. The fourth-order valence-corrected chi connectivity index (χ4v) is 2.87. The van der Waals surface area contributed by atoms with Crippen LogP contribution >= 0.6 is 0 Å². The maximum atomic E-state index is 12.3. The molecule has 0 bridgehead atoms. The third-order valence-electron chi connectivity index (χ3n) is 4.49. The van der Waals surface area contributed by atoms with E-state index in [1.807, 2.05) is 12.1 Å². The predicted octanol–water partition coefficient (Wildman–Crippen LogP) is 1.82. The highest BCUT2D eigenvalue weighted by Gasteiger charge is 2.21. The van der Waals surface area contributed by atoms with Gasteiger partial charge in [0, 0.05) is 32.7 Å². The molecule has 0 atom stereocenters. The van der Waals surface area contributed by atoms with E-state index in [1.165, 1.54) is 12.1 Å². The molecule has 1 saturated heterocycles. The third-order valence-corrected chi connectivity index (χ3v) is 4.49. The van der Waals surface area contributed by atoms with Gasteiger partial charge in [-0.15, -0.1) is 0 Å². The molecule has 8 heteroatoms. The largest absolute Gasteiger partial charge is 0.495 e. The van der Waals surface area contributed by atoms with Gasteiger partial charge < -0.3 is 25.0 Å². The summed E-state index contributed by atoms with van der Waals surface area (Å²) in [5, 5.41) is 11.8. The zero-order valence-electron chi connectivity index (χ0n) is 15.1. The summed E-state index contributed by atoms with van der Waals surface area (Å²) in [7, 11) is 1.61. The number of methoxy groups -OCH3 is 1. The Hall–Kier alpha value is -3.29. The monoisotopic (exact) mass is 370 g/mol. The molecule has 1 aliphatic heterocycles. The Balaban J connectivity index is 1.47. The van der Waals surface area contributed by atoms with E-state index in [0.29, 0.717) is 38.5 Å². The van der Waals surface area contributed by atoms with Crippen LogP contribution in [0.15, 0.2) is 42.6 Å². The lowest BCUT2D eigenvalue weighted by atomic mass is 10.1. The lowest BCUT2D eigenvalue weighted by Crippen LogP contribution is -2.51. The quantitative estimate of drug-likeness (QED) is 0.834. The molecule has 0 unspecified atom stereocenters. The number of carbonyl (C=O) groups is 2. The molecule has 0 spiro atoms. The van der Waals surface area contributed by atoms with Crippen LogP contribution in [0.2, 0.25) is 0 Å². The molecule has 1 aromatic heterocycles. The van der Waals surface area contributed by atoms with Gasteiger partial charge in [0.05, 0.1) is 18.9 Å². The number of piperazine rings is 1. The van der Waals surface area contributed by atoms with Gasteiger partial charge >= 0.3 is 12.0 Å². The van der Waals surface area contributed by atoms with Gasteiger partial charge in [-0.3, -0.25) is 0 Å². The molecule has 0 saturated carbocycles. The number of pyridine rings is 1. The van der Waals surface area contributed by atoms with Gasteiger partial charge in [0.25, 0.3) is 0 Å². The molecule has 0 radical (unpaired) electrons. The molecule has 2 amide bonds. The van der Waals surface area contributed by atoms with Crippen molar-refractivity contribution in [2.24, 2.45) is 0 Å². The van der Waals surface area contributed by atoms with Gasteiger partial charge in [0.1, 0.15) is 11.6 Å². The van der Waals surface area contributed by atoms with Gasteiger partial charge in [-0.25, -0.2) is 14.6 Å². The average Bonchev–Trinajstić information content (AvgIpc) is 2.72. The lowest BCUT2D eigenvalue weighted by molar-refractivity contribution is 0.0697. The van der Waals surface area contributed by atoms with Crippen molar-refractivity contribution in [2.45, 2.75) is 6.54 Å². The number of nitrogens with zero attached hydrogens (tertiary/aromatic N) is 3. The molecule has 1 aliphatic rings. The van der Waals surface area contributed by atoms with Crippen LogP contribution in [0.3, 0.4) is 0 Å². The number of carboxylic acid groups (broad SMARTS) is 1. The first kappa shape index (κ1) is 18.5. The number of anilines is 1. The maximum Gasteiger partial charge on any atom is 0.335 e.